The summed E-state index contributed by atoms with van der Waals surface area (Å²) in [5, 5.41) is 2.97. The summed E-state index contributed by atoms with van der Waals surface area (Å²) < 4.78 is 19.0. The van der Waals surface area contributed by atoms with Crippen LogP contribution < -0.4 is 5.32 Å². The average molecular weight is 392 g/mol. The third-order valence-electron chi connectivity index (χ3n) is 5.30. The van der Waals surface area contributed by atoms with Crippen LogP contribution in [0.2, 0.25) is 0 Å². The average Bonchev–Trinajstić information content (AvgIpc) is 3.22. The van der Waals surface area contributed by atoms with Crippen molar-refractivity contribution in [2.75, 3.05) is 5.32 Å². The Bertz CT molecular complexity index is 1020. The zero-order valence-electron chi connectivity index (χ0n) is 16.2. The minimum atomic E-state index is -0.897. The van der Waals surface area contributed by atoms with Crippen LogP contribution in [-0.4, -0.2) is 16.7 Å². The van der Waals surface area contributed by atoms with Crippen molar-refractivity contribution >= 4 is 17.5 Å². The molecule has 0 unspecified atom stereocenters. The Balaban J connectivity index is 1.71. The van der Waals surface area contributed by atoms with E-state index in [-0.39, 0.29) is 24.3 Å². The first kappa shape index (κ1) is 18.9. The van der Waals surface area contributed by atoms with Crippen LogP contribution in [0.3, 0.4) is 0 Å². The van der Waals surface area contributed by atoms with E-state index >= 15 is 0 Å². The number of β-lactam (4-membered cyclic amide) rings is 1. The summed E-state index contributed by atoms with van der Waals surface area (Å²) in [6, 6.07) is 13.7. The molecule has 29 heavy (non-hydrogen) atoms. The molecular weight excluding hydrogens is 371 g/mol. The number of aryl methyl sites for hydroxylation is 2. The van der Waals surface area contributed by atoms with Crippen LogP contribution >= 0.6 is 0 Å². The van der Waals surface area contributed by atoms with Crippen molar-refractivity contribution in [2.45, 2.75) is 32.4 Å². The molecule has 0 aliphatic carbocycles. The van der Waals surface area contributed by atoms with E-state index in [0.717, 1.165) is 11.1 Å². The van der Waals surface area contributed by atoms with E-state index in [2.05, 4.69) is 5.32 Å². The summed E-state index contributed by atoms with van der Waals surface area (Å²) in [5.41, 5.74) is 3.11. The molecule has 1 N–H and O–H groups in total. The predicted octanol–water partition coefficient (Wildman–Crippen LogP) is 4.69. The second-order valence-corrected chi connectivity index (χ2v) is 7.25. The number of carbonyl (C=O) groups is 2. The van der Waals surface area contributed by atoms with Crippen molar-refractivity contribution in [1.29, 1.82) is 0 Å². The normalized spacial score (nSPS) is 17.0. The van der Waals surface area contributed by atoms with Crippen molar-refractivity contribution < 1.29 is 18.4 Å². The van der Waals surface area contributed by atoms with Gasteiger partial charge in [-0.3, -0.25) is 9.59 Å². The Morgan fingerprint density at radius 2 is 1.79 bits per heavy atom. The maximum absolute atomic E-state index is 13.5. The molecule has 3 aromatic rings. The second kappa shape index (κ2) is 7.54. The Kier molecular flexibility index (Phi) is 4.92. The zero-order valence-corrected chi connectivity index (χ0v) is 16.2. The minimum absolute atomic E-state index is 0.155. The van der Waals surface area contributed by atoms with Gasteiger partial charge < -0.3 is 14.6 Å². The summed E-state index contributed by atoms with van der Waals surface area (Å²) in [4.78, 5) is 27.4. The second-order valence-electron chi connectivity index (χ2n) is 7.25. The largest absolute Gasteiger partial charge is 0.467 e. The van der Waals surface area contributed by atoms with Crippen molar-refractivity contribution in [3.63, 3.8) is 0 Å². The van der Waals surface area contributed by atoms with Crippen LogP contribution in [0.4, 0.5) is 10.1 Å². The molecule has 2 atom stereocenters. The smallest absolute Gasteiger partial charge is 0.251 e. The molecule has 1 aliphatic heterocycles. The number of nitrogens with one attached hydrogen (secondary N) is 1. The number of halogens is 1. The topological polar surface area (TPSA) is 62.6 Å². The Labute approximate surface area is 168 Å². The fourth-order valence-corrected chi connectivity index (χ4v) is 3.76. The molecule has 1 fully saturated rings. The van der Waals surface area contributed by atoms with E-state index in [1.807, 2.05) is 32.0 Å². The fraction of sp³-hybridized carbons (Fsp3) is 0.217. The molecule has 2 heterocycles. The number of para-hydroxylation sites is 1. The lowest BCUT2D eigenvalue weighted by Crippen LogP contribution is -2.51. The zero-order chi connectivity index (χ0) is 20.5. The van der Waals surface area contributed by atoms with Crippen molar-refractivity contribution in [3.8, 4) is 0 Å². The Morgan fingerprint density at radius 3 is 2.38 bits per heavy atom. The summed E-state index contributed by atoms with van der Waals surface area (Å²) in [6.07, 6.45) is 1.81. The number of rotatable bonds is 5. The van der Waals surface area contributed by atoms with Gasteiger partial charge in [-0.1, -0.05) is 30.3 Å². The lowest BCUT2D eigenvalue weighted by atomic mass is 9.92. The van der Waals surface area contributed by atoms with Gasteiger partial charge in [0.15, 0.2) is 0 Å². The summed E-state index contributed by atoms with van der Waals surface area (Å²) in [5.74, 6) is -0.284. The number of furan rings is 1. The van der Waals surface area contributed by atoms with Crippen LogP contribution in [0.15, 0.2) is 65.3 Å². The van der Waals surface area contributed by atoms with E-state index in [1.165, 1.54) is 29.2 Å². The lowest BCUT2D eigenvalue weighted by Gasteiger charge is -2.44. The SMILES string of the molecule is Cc1cccc(C)c1NC(=O)[C@H](c1ccc(F)cc1)N1C(=O)C[C@@H]1c1ccco1. The molecule has 6 heteroatoms. The van der Waals surface area contributed by atoms with E-state index in [9.17, 15) is 14.0 Å². The number of hydrogen-bond acceptors (Lipinski definition) is 3. The number of carbonyl (C=O) groups excluding carboxylic acids is 2. The highest BCUT2D eigenvalue weighted by atomic mass is 19.1. The highest BCUT2D eigenvalue weighted by Crippen LogP contribution is 2.42. The van der Waals surface area contributed by atoms with Gasteiger partial charge >= 0.3 is 0 Å². The lowest BCUT2D eigenvalue weighted by molar-refractivity contribution is -0.155. The van der Waals surface area contributed by atoms with Crippen LogP contribution in [0.1, 0.15) is 41.0 Å². The molecule has 1 saturated heterocycles. The van der Waals surface area contributed by atoms with E-state index in [4.69, 9.17) is 4.42 Å². The van der Waals surface area contributed by atoms with Gasteiger partial charge in [0.1, 0.15) is 17.6 Å². The molecule has 4 rings (SSSR count). The number of benzene rings is 2. The van der Waals surface area contributed by atoms with Gasteiger partial charge in [0.05, 0.1) is 18.7 Å². The Morgan fingerprint density at radius 1 is 1.10 bits per heavy atom. The number of nitrogens with zero attached hydrogens (tertiary/aromatic N) is 1. The number of anilines is 1. The van der Waals surface area contributed by atoms with Crippen molar-refractivity contribution in [1.82, 2.24) is 4.90 Å². The Hall–Kier alpha value is -3.41. The van der Waals surface area contributed by atoms with Gasteiger partial charge in [-0.25, -0.2) is 4.39 Å². The van der Waals surface area contributed by atoms with Crippen LogP contribution in [0, 0.1) is 19.7 Å². The molecule has 0 radical (unpaired) electrons. The summed E-state index contributed by atoms with van der Waals surface area (Å²) in [6.45, 7) is 3.83. The van der Waals surface area contributed by atoms with Crippen LogP contribution in [-0.2, 0) is 9.59 Å². The van der Waals surface area contributed by atoms with Gasteiger partial charge in [-0.05, 0) is 54.8 Å². The number of likely N-dealkylation sites (tertiary alicyclic amines) is 1. The quantitative estimate of drug-likeness (QED) is 0.641. The molecular formula is C23H21FN2O3. The molecule has 1 aromatic heterocycles. The van der Waals surface area contributed by atoms with Crippen molar-refractivity contribution in [3.05, 3.63) is 89.1 Å². The number of hydrogen-bond donors (Lipinski definition) is 1. The van der Waals surface area contributed by atoms with Crippen molar-refractivity contribution in [2.24, 2.45) is 0 Å². The highest BCUT2D eigenvalue weighted by molar-refractivity contribution is 6.00. The van der Waals surface area contributed by atoms with Crippen LogP contribution in [0.25, 0.3) is 0 Å². The molecule has 2 amide bonds. The minimum Gasteiger partial charge on any atom is -0.467 e. The third-order valence-corrected chi connectivity index (χ3v) is 5.30. The predicted molar refractivity (Wildman–Crippen MR) is 107 cm³/mol. The first-order chi connectivity index (χ1) is 14.0. The van der Waals surface area contributed by atoms with E-state index in [1.54, 1.807) is 18.4 Å². The van der Waals surface area contributed by atoms with Crippen LogP contribution in [0.5, 0.6) is 0 Å². The molecule has 1 aliphatic rings. The number of amides is 2. The van der Waals surface area contributed by atoms with E-state index in [0.29, 0.717) is 17.0 Å². The first-order valence-corrected chi connectivity index (χ1v) is 9.43. The van der Waals surface area contributed by atoms with Gasteiger partial charge in [-0.15, -0.1) is 0 Å². The molecule has 148 valence electrons. The summed E-state index contributed by atoms with van der Waals surface area (Å²) in [7, 11) is 0. The monoisotopic (exact) mass is 392 g/mol. The maximum atomic E-state index is 13.5. The third kappa shape index (κ3) is 3.53. The molecule has 2 aromatic carbocycles. The molecule has 0 saturated carbocycles. The van der Waals surface area contributed by atoms with Gasteiger partial charge in [0.2, 0.25) is 5.91 Å². The maximum Gasteiger partial charge on any atom is 0.251 e. The van der Waals surface area contributed by atoms with Gasteiger partial charge in [0.25, 0.3) is 5.91 Å². The van der Waals surface area contributed by atoms with Gasteiger partial charge in [-0.2, -0.15) is 0 Å². The van der Waals surface area contributed by atoms with E-state index < -0.39 is 11.9 Å². The standard InChI is InChI=1S/C23H21FN2O3/c1-14-5-3-6-15(2)21(14)25-23(28)22(16-8-10-17(24)11-9-16)26-18(13-20(26)27)19-7-4-12-29-19/h3-12,18,22H,13H2,1-2H3,(H,25,28)/t18-,22+/m1/s1. The first-order valence-electron chi connectivity index (χ1n) is 9.43. The molecule has 0 bridgehead atoms. The fourth-order valence-electron chi connectivity index (χ4n) is 3.76. The summed E-state index contributed by atoms with van der Waals surface area (Å²) >= 11 is 0. The highest BCUT2D eigenvalue weighted by Gasteiger charge is 2.46. The molecule has 5 nitrogen and oxygen atoms in total. The molecule has 0 spiro atoms. The van der Waals surface area contributed by atoms with Gasteiger partial charge in [0, 0.05) is 5.69 Å².